The molecule has 0 N–H and O–H groups in total. The number of nitrogens with zero attached hydrogens (tertiary/aromatic N) is 2. The molecule has 0 saturated heterocycles. The highest BCUT2D eigenvalue weighted by atomic mass is 28.1. The summed E-state index contributed by atoms with van der Waals surface area (Å²) >= 11 is 0. The number of hydrogen-bond acceptors (Lipinski definition) is 2. The molecule has 0 aromatic heterocycles. The molecular weight excluding hydrogens is 200 g/mol. The zero-order chi connectivity index (χ0) is 11.7. The minimum Gasteiger partial charge on any atom is -0.288 e. The zero-order valence-electron chi connectivity index (χ0n) is 11.4. The first-order valence-corrected chi connectivity index (χ1v) is 8.14. The van der Waals surface area contributed by atoms with Gasteiger partial charge >= 0.3 is 0 Å². The first kappa shape index (κ1) is 15.1. The van der Waals surface area contributed by atoms with Crippen molar-refractivity contribution in [3.8, 4) is 0 Å². The van der Waals surface area contributed by atoms with E-state index in [1.54, 1.807) is 0 Å². The normalized spacial score (nSPS) is 12.2. The predicted molar refractivity (Wildman–Crippen MR) is 73.6 cm³/mol. The average molecular weight is 230 g/mol. The third-order valence-corrected chi connectivity index (χ3v) is 3.99. The molecule has 0 aliphatic heterocycles. The van der Waals surface area contributed by atoms with Gasteiger partial charge in [-0.15, -0.1) is 0 Å². The monoisotopic (exact) mass is 230 g/mol. The predicted octanol–water partition coefficient (Wildman–Crippen LogP) is 1.56. The molecule has 92 valence electrons. The van der Waals surface area contributed by atoms with Crippen molar-refractivity contribution in [3.63, 3.8) is 0 Å². The highest BCUT2D eigenvalue weighted by Gasteiger charge is 2.19. The molecule has 0 rings (SSSR count). The van der Waals surface area contributed by atoms with Crippen LogP contribution in [0.5, 0.6) is 0 Å². The summed E-state index contributed by atoms with van der Waals surface area (Å²) in [5, 5.41) is 0. The molecule has 0 bridgehead atoms. The second kappa shape index (κ2) is 9.37. The quantitative estimate of drug-likeness (QED) is 0.438. The number of rotatable bonds is 9. The largest absolute Gasteiger partial charge is 0.288 e. The Bertz CT molecular complexity index is 122. The first-order valence-electron chi connectivity index (χ1n) is 6.73. The van der Waals surface area contributed by atoms with Gasteiger partial charge in [0.15, 0.2) is 0 Å². The summed E-state index contributed by atoms with van der Waals surface area (Å²) in [5.41, 5.74) is 0. The van der Waals surface area contributed by atoms with Crippen molar-refractivity contribution in [1.29, 1.82) is 0 Å². The molecule has 15 heavy (non-hydrogen) atoms. The summed E-state index contributed by atoms with van der Waals surface area (Å²) in [5.74, 6) is 0. The van der Waals surface area contributed by atoms with Crippen LogP contribution in [0.3, 0.4) is 0 Å². The molecule has 0 aromatic carbocycles. The Morgan fingerprint density at radius 3 is 1.53 bits per heavy atom. The van der Waals surface area contributed by atoms with Crippen LogP contribution in [0, 0.1) is 0 Å². The Morgan fingerprint density at radius 2 is 1.27 bits per heavy atom. The maximum Gasteiger partial charge on any atom is 0.0621 e. The molecule has 0 aromatic rings. The average Bonchev–Trinajstić information content (AvgIpc) is 2.28. The van der Waals surface area contributed by atoms with Gasteiger partial charge in [0.25, 0.3) is 0 Å². The van der Waals surface area contributed by atoms with E-state index >= 15 is 0 Å². The van der Waals surface area contributed by atoms with Crippen LogP contribution in [0.1, 0.15) is 40.5 Å². The lowest BCUT2D eigenvalue weighted by atomic mass is 10.2. The van der Waals surface area contributed by atoms with E-state index < -0.39 is 0 Å². The zero-order valence-corrected chi connectivity index (χ0v) is 13.4. The Hall–Kier alpha value is 0.137. The topological polar surface area (TPSA) is 6.48 Å². The van der Waals surface area contributed by atoms with Gasteiger partial charge in [0, 0.05) is 10.2 Å². The Morgan fingerprint density at radius 1 is 0.867 bits per heavy atom. The Labute approximate surface area is 99.4 Å². The van der Waals surface area contributed by atoms with Crippen molar-refractivity contribution in [3.05, 3.63) is 0 Å². The molecule has 0 radical (unpaired) electrons. The van der Waals surface area contributed by atoms with E-state index in [1.165, 1.54) is 55.3 Å². The molecule has 0 aliphatic rings. The van der Waals surface area contributed by atoms with Gasteiger partial charge in [0.05, 0.1) is 6.17 Å². The molecule has 3 heteroatoms. The highest BCUT2D eigenvalue weighted by molar-refractivity contribution is 6.08. The molecule has 0 atom stereocenters. The number of hydrogen-bond donors (Lipinski definition) is 0. The van der Waals surface area contributed by atoms with Crippen molar-refractivity contribution in [2.24, 2.45) is 0 Å². The van der Waals surface area contributed by atoms with Gasteiger partial charge in [-0.1, -0.05) is 40.2 Å². The van der Waals surface area contributed by atoms with Gasteiger partial charge in [0.1, 0.15) is 0 Å². The van der Waals surface area contributed by atoms with Gasteiger partial charge in [-0.05, 0) is 32.6 Å². The molecule has 0 aliphatic carbocycles. The summed E-state index contributed by atoms with van der Waals surface area (Å²) in [6.07, 6.45) is 3.44. The van der Waals surface area contributed by atoms with Crippen LogP contribution in [-0.2, 0) is 0 Å². The molecule has 0 spiro atoms. The van der Waals surface area contributed by atoms with E-state index in [0.29, 0.717) is 6.17 Å². The summed E-state index contributed by atoms with van der Waals surface area (Å²) < 4.78 is 0. The van der Waals surface area contributed by atoms with Crippen LogP contribution in [0.25, 0.3) is 0 Å². The maximum atomic E-state index is 2.60. The molecule has 0 unspecified atom stereocenters. The Kier molecular flexibility index (Phi) is 9.45. The standard InChI is InChI=1S/C12H30N2Si/c1-5-13(6-2)12(10-9-11-15)14(7-3)8-4/h12H,5-11H2,1-4,15H3. The maximum absolute atomic E-state index is 2.60. The first-order chi connectivity index (χ1) is 7.24. The fourth-order valence-electron chi connectivity index (χ4n) is 2.27. The second-order valence-electron chi connectivity index (χ2n) is 4.07. The van der Waals surface area contributed by atoms with Gasteiger partial charge in [-0.25, -0.2) is 0 Å². The Balaban J connectivity index is 4.38. The van der Waals surface area contributed by atoms with Gasteiger partial charge in [-0.2, -0.15) is 0 Å². The van der Waals surface area contributed by atoms with Gasteiger partial charge in [-0.3, -0.25) is 9.80 Å². The minimum atomic E-state index is 0.684. The summed E-state index contributed by atoms with van der Waals surface area (Å²) in [7, 11) is 1.36. The summed E-state index contributed by atoms with van der Waals surface area (Å²) in [4.78, 5) is 5.20. The van der Waals surface area contributed by atoms with Crippen LogP contribution in [0.2, 0.25) is 6.04 Å². The smallest absolute Gasteiger partial charge is 0.0621 e. The van der Waals surface area contributed by atoms with Gasteiger partial charge in [0.2, 0.25) is 0 Å². The summed E-state index contributed by atoms with van der Waals surface area (Å²) in [6, 6.07) is 1.44. The fraction of sp³-hybridized carbons (Fsp3) is 1.00. The van der Waals surface area contributed by atoms with E-state index in [0.717, 1.165) is 0 Å². The second-order valence-corrected chi connectivity index (χ2v) is 5.07. The third kappa shape index (κ3) is 5.14. The van der Waals surface area contributed by atoms with Crippen molar-refractivity contribution < 1.29 is 0 Å². The molecule has 0 saturated carbocycles. The van der Waals surface area contributed by atoms with Crippen LogP contribution < -0.4 is 0 Å². The van der Waals surface area contributed by atoms with E-state index in [-0.39, 0.29) is 0 Å². The van der Waals surface area contributed by atoms with Crippen LogP contribution in [0.4, 0.5) is 0 Å². The van der Waals surface area contributed by atoms with E-state index in [4.69, 9.17) is 0 Å². The third-order valence-electron chi connectivity index (χ3n) is 3.28. The van der Waals surface area contributed by atoms with E-state index in [1.807, 2.05) is 0 Å². The van der Waals surface area contributed by atoms with Crippen LogP contribution in [0.15, 0.2) is 0 Å². The van der Waals surface area contributed by atoms with Crippen LogP contribution >= 0.6 is 0 Å². The SMILES string of the molecule is CCN(CC)C(CCC[SiH3])N(CC)CC. The highest BCUT2D eigenvalue weighted by Crippen LogP contribution is 2.13. The van der Waals surface area contributed by atoms with E-state index in [9.17, 15) is 0 Å². The van der Waals surface area contributed by atoms with Crippen LogP contribution in [-0.4, -0.2) is 52.4 Å². The molecule has 2 nitrogen and oxygen atoms in total. The lowest BCUT2D eigenvalue weighted by molar-refractivity contribution is 0.0497. The molecule has 0 heterocycles. The lowest BCUT2D eigenvalue weighted by Crippen LogP contribution is -2.48. The minimum absolute atomic E-state index is 0.684. The van der Waals surface area contributed by atoms with Crippen molar-refractivity contribution in [2.75, 3.05) is 26.2 Å². The lowest BCUT2D eigenvalue weighted by Gasteiger charge is -2.38. The van der Waals surface area contributed by atoms with E-state index in [2.05, 4.69) is 37.5 Å². The molecule has 0 amide bonds. The van der Waals surface area contributed by atoms with Crippen molar-refractivity contribution in [2.45, 2.75) is 52.7 Å². The van der Waals surface area contributed by atoms with Crippen molar-refractivity contribution >= 4 is 10.2 Å². The van der Waals surface area contributed by atoms with Gasteiger partial charge < -0.3 is 0 Å². The molecular formula is C12H30N2Si. The molecule has 0 fully saturated rings. The van der Waals surface area contributed by atoms with Crippen molar-refractivity contribution in [1.82, 2.24) is 9.80 Å². The fourth-order valence-corrected chi connectivity index (χ4v) is 2.68. The summed E-state index contributed by atoms with van der Waals surface area (Å²) in [6.45, 7) is 13.8.